The highest BCUT2D eigenvalue weighted by Gasteiger charge is 2.38. The molecule has 0 aliphatic carbocycles. The van der Waals surface area contributed by atoms with Crippen LogP contribution >= 0.6 is 12.2 Å². The second-order valence-electron chi connectivity index (χ2n) is 9.32. The molecule has 0 spiro atoms. The van der Waals surface area contributed by atoms with Crippen LogP contribution < -0.4 is 15.0 Å². The predicted molar refractivity (Wildman–Crippen MR) is 137 cm³/mol. The molecule has 2 aromatic heterocycles. The summed E-state index contributed by atoms with van der Waals surface area (Å²) in [5.41, 5.74) is 2.29. The van der Waals surface area contributed by atoms with E-state index in [1.165, 1.54) is 16.7 Å². The van der Waals surface area contributed by atoms with Gasteiger partial charge in [0.2, 0.25) is 0 Å². The Hall–Kier alpha value is -3.11. The highest BCUT2D eigenvalue weighted by Crippen LogP contribution is 2.23. The number of rotatable bonds is 7. The van der Waals surface area contributed by atoms with Gasteiger partial charge in [-0.2, -0.15) is 0 Å². The molecule has 0 aromatic carbocycles. The van der Waals surface area contributed by atoms with Crippen molar-refractivity contribution in [3.63, 3.8) is 0 Å². The topological polar surface area (TPSA) is 90.9 Å². The highest BCUT2D eigenvalue weighted by molar-refractivity contribution is 7.80. The Balaban J connectivity index is 1.22. The number of nitrogens with zero attached hydrogens (tertiary/aromatic N) is 5. The van der Waals surface area contributed by atoms with E-state index in [4.69, 9.17) is 17.0 Å². The molecule has 2 aromatic rings. The Morgan fingerprint density at radius 3 is 2.51 bits per heavy atom. The number of thiocarbonyl (C=S) groups is 1. The van der Waals surface area contributed by atoms with E-state index in [-0.39, 0.29) is 17.9 Å². The van der Waals surface area contributed by atoms with Crippen molar-refractivity contribution in [3.8, 4) is 5.75 Å². The van der Waals surface area contributed by atoms with Crippen molar-refractivity contribution in [1.82, 2.24) is 25.1 Å². The Labute approximate surface area is 211 Å². The number of nitrogens with one attached hydrogen (secondary N) is 1. The Kier molecular flexibility index (Phi) is 7.92. The number of aromatic nitrogens is 2. The van der Waals surface area contributed by atoms with Gasteiger partial charge < -0.3 is 15.0 Å². The Bertz CT molecular complexity index is 1050. The van der Waals surface area contributed by atoms with E-state index in [0.717, 1.165) is 38.2 Å². The summed E-state index contributed by atoms with van der Waals surface area (Å²) < 4.78 is 5.51. The molecule has 1 N–H and O–H groups in total. The maximum Gasteiger partial charge on any atom is 0.415 e. The molecule has 2 fully saturated rings. The summed E-state index contributed by atoms with van der Waals surface area (Å²) >= 11 is 5.30. The largest absolute Gasteiger partial charge is 0.415 e. The molecule has 186 valence electrons. The van der Waals surface area contributed by atoms with Crippen LogP contribution in [0.5, 0.6) is 5.75 Å². The molecular formula is C25H32N6O3S. The second-order valence-corrected chi connectivity index (χ2v) is 9.71. The minimum atomic E-state index is -0.391. The first-order chi connectivity index (χ1) is 16.8. The first-order valence-electron chi connectivity index (χ1n) is 12.0. The third kappa shape index (κ3) is 6.12. The number of hydrogen-bond acceptors (Lipinski definition) is 7. The maximum atomic E-state index is 12.6. The summed E-state index contributed by atoms with van der Waals surface area (Å²) in [4.78, 5) is 39.5. The molecule has 2 saturated heterocycles. The molecule has 10 heteroatoms. The molecule has 1 unspecified atom stereocenters. The fourth-order valence-corrected chi connectivity index (χ4v) is 4.49. The number of aryl methyl sites for hydroxylation is 2. The molecule has 0 radical (unpaired) electrons. The first-order valence-corrected chi connectivity index (χ1v) is 12.4. The summed E-state index contributed by atoms with van der Waals surface area (Å²) in [6, 6.07) is 7.09. The molecule has 1 atom stereocenters. The molecule has 0 bridgehead atoms. The Morgan fingerprint density at radius 2 is 1.91 bits per heavy atom. The van der Waals surface area contributed by atoms with Crippen molar-refractivity contribution in [3.05, 3.63) is 47.9 Å². The van der Waals surface area contributed by atoms with Gasteiger partial charge in [-0.05, 0) is 68.2 Å². The van der Waals surface area contributed by atoms with Gasteiger partial charge in [-0.15, -0.1) is 0 Å². The molecule has 4 heterocycles. The van der Waals surface area contributed by atoms with E-state index in [0.29, 0.717) is 29.8 Å². The second kappa shape index (κ2) is 11.1. The van der Waals surface area contributed by atoms with Crippen molar-refractivity contribution in [2.24, 2.45) is 5.92 Å². The lowest BCUT2D eigenvalue weighted by atomic mass is 10.1. The first kappa shape index (κ1) is 25.0. The normalized spacial score (nSPS) is 18.8. The lowest BCUT2D eigenvalue weighted by Crippen LogP contribution is -2.49. The number of carbonyl (C=O) groups excluding carboxylic acids is 2. The number of piperazine rings is 1. The van der Waals surface area contributed by atoms with E-state index in [2.05, 4.69) is 32.3 Å². The minimum Gasteiger partial charge on any atom is -0.409 e. The van der Waals surface area contributed by atoms with Gasteiger partial charge in [0.05, 0.1) is 6.20 Å². The lowest BCUT2D eigenvalue weighted by molar-refractivity contribution is -0.119. The smallest absolute Gasteiger partial charge is 0.409 e. The number of anilines is 1. The minimum absolute atomic E-state index is 0.108. The van der Waals surface area contributed by atoms with Crippen molar-refractivity contribution >= 4 is 35.1 Å². The molecular weight excluding hydrogens is 464 g/mol. The van der Waals surface area contributed by atoms with Gasteiger partial charge in [-0.1, -0.05) is 19.9 Å². The fourth-order valence-electron chi connectivity index (χ4n) is 4.18. The zero-order chi connectivity index (χ0) is 24.9. The van der Waals surface area contributed by atoms with Crippen LogP contribution in [0.1, 0.15) is 31.5 Å². The molecule has 2 aliphatic heterocycles. The molecule has 0 saturated carbocycles. The van der Waals surface area contributed by atoms with Crippen LogP contribution in [0.2, 0.25) is 0 Å². The number of hydrogen-bond donors (Lipinski definition) is 1. The zero-order valence-corrected chi connectivity index (χ0v) is 21.3. The van der Waals surface area contributed by atoms with Crippen LogP contribution in [0.25, 0.3) is 0 Å². The van der Waals surface area contributed by atoms with E-state index in [9.17, 15) is 9.59 Å². The summed E-state index contributed by atoms with van der Waals surface area (Å²) in [6.07, 6.45) is 4.95. The van der Waals surface area contributed by atoms with Crippen molar-refractivity contribution < 1.29 is 14.3 Å². The number of pyridine rings is 2. The van der Waals surface area contributed by atoms with Crippen molar-refractivity contribution in [1.29, 1.82) is 0 Å². The van der Waals surface area contributed by atoms with Crippen LogP contribution in [-0.2, 0) is 11.2 Å². The molecule has 2 amide bonds. The van der Waals surface area contributed by atoms with Gasteiger partial charge in [0.1, 0.15) is 11.9 Å². The standard InChI is InChI=1S/C25H32N6O3S/c1-17(2)22-23(32)31(24(35)28-22)21-9-8-20(16-27-21)34-25(33)30-13-11-29(12-14-30)10-4-5-19-7-6-18(3)15-26-19/h6-9,15-17,22H,4-5,10-14H2,1-3H3,(H,28,35). The van der Waals surface area contributed by atoms with Gasteiger partial charge in [-0.3, -0.25) is 14.7 Å². The van der Waals surface area contributed by atoms with Gasteiger partial charge in [0.25, 0.3) is 5.91 Å². The monoisotopic (exact) mass is 496 g/mol. The quantitative estimate of drug-likeness (QED) is 0.586. The molecule has 35 heavy (non-hydrogen) atoms. The van der Waals surface area contributed by atoms with Crippen LogP contribution in [0.4, 0.5) is 10.6 Å². The molecule has 2 aliphatic rings. The number of carbonyl (C=O) groups is 2. The average molecular weight is 497 g/mol. The average Bonchev–Trinajstić information content (AvgIpc) is 3.15. The maximum absolute atomic E-state index is 12.6. The molecule has 9 nitrogen and oxygen atoms in total. The number of amides is 2. The third-order valence-corrected chi connectivity index (χ3v) is 6.60. The van der Waals surface area contributed by atoms with Crippen LogP contribution in [-0.4, -0.2) is 75.6 Å². The lowest BCUT2D eigenvalue weighted by Gasteiger charge is -2.34. The Morgan fingerprint density at radius 1 is 1.14 bits per heavy atom. The van der Waals surface area contributed by atoms with Crippen molar-refractivity contribution in [2.75, 3.05) is 37.6 Å². The van der Waals surface area contributed by atoms with E-state index in [1.807, 2.05) is 27.0 Å². The van der Waals surface area contributed by atoms with Crippen LogP contribution in [0, 0.1) is 12.8 Å². The van der Waals surface area contributed by atoms with Crippen LogP contribution in [0.15, 0.2) is 36.7 Å². The third-order valence-electron chi connectivity index (χ3n) is 6.30. The highest BCUT2D eigenvalue weighted by atomic mass is 32.1. The zero-order valence-electron chi connectivity index (χ0n) is 20.4. The van der Waals surface area contributed by atoms with Gasteiger partial charge in [0.15, 0.2) is 10.9 Å². The van der Waals surface area contributed by atoms with Crippen LogP contribution in [0.3, 0.4) is 0 Å². The van der Waals surface area contributed by atoms with Gasteiger partial charge in [0, 0.05) is 38.1 Å². The summed E-state index contributed by atoms with van der Waals surface area (Å²) in [7, 11) is 0. The van der Waals surface area contributed by atoms with E-state index in [1.54, 1.807) is 17.0 Å². The van der Waals surface area contributed by atoms with Gasteiger partial charge in [-0.25, -0.2) is 14.7 Å². The van der Waals surface area contributed by atoms with Crippen molar-refractivity contribution in [2.45, 2.75) is 39.7 Å². The summed E-state index contributed by atoms with van der Waals surface area (Å²) in [6.45, 7) is 9.79. The van der Waals surface area contributed by atoms with E-state index < -0.39 is 6.09 Å². The SMILES string of the molecule is Cc1ccc(CCCN2CCN(C(=O)Oc3ccc(N4C(=O)C(C(C)C)NC4=S)nc3)CC2)nc1. The predicted octanol–water partition coefficient (Wildman–Crippen LogP) is 2.78. The summed E-state index contributed by atoms with van der Waals surface area (Å²) in [5.74, 6) is 0.717. The molecule has 4 rings (SSSR count). The van der Waals surface area contributed by atoms with E-state index >= 15 is 0 Å². The fraction of sp³-hybridized carbons (Fsp3) is 0.480. The number of ether oxygens (including phenoxy) is 1. The van der Waals surface area contributed by atoms with Gasteiger partial charge >= 0.3 is 6.09 Å². The summed E-state index contributed by atoms with van der Waals surface area (Å²) in [5, 5.41) is 3.37.